The molecule has 1 aromatic carbocycles. The number of H-pyrrole nitrogens is 2. The third-order valence-corrected chi connectivity index (χ3v) is 4.18. The van der Waals surface area contributed by atoms with Crippen molar-refractivity contribution in [3.63, 3.8) is 0 Å². The summed E-state index contributed by atoms with van der Waals surface area (Å²) in [7, 11) is 0. The van der Waals surface area contributed by atoms with Gasteiger partial charge in [0, 0.05) is 12.1 Å². The summed E-state index contributed by atoms with van der Waals surface area (Å²) in [6.07, 6.45) is 8.46. The van der Waals surface area contributed by atoms with Crippen molar-refractivity contribution in [3.05, 3.63) is 40.3 Å². The summed E-state index contributed by atoms with van der Waals surface area (Å²) in [5.41, 5.74) is 3.42. The molecule has 1 aliphatic carbocycles. The van der Waals surface area contributed by atoms with Gasteiger partial charge in [0.15, 0.2) is 6.54 Å². The van der Waals surface area contributed by atoms with Gasteiger partial charge in [-0.05, 0) is 43.9 Å². The first kappa shape index (κ1) is 15.6. The molecule has 1 aromatic heterocycles. The fourth-order valence-electron chi connectivity index (χ4n) is 2.97. The molecule has 0 radical (unpaired) electrons. The first-order chi connectivity index (χ1) is 11.2. The van der Waals surface area contributed by atoms with Crippen molar-refractivity contribution in [1.29, 1.82) is 0 Å². The molecule has 0 saturated carbocycles. The van der Waals surface area contributed by atoms with Crippen LogP contribution in [0.2, 0.25) is 0 Å². The number of quaternary nitrogens is 1. The highest BCUT2D eigenvalue weighted by Crippen LogP contribution is 2.18. The molecule has 0 fully saturated rings. The van der Waals surface area contributed by atoms with Gasteiger partial charge in [-0.1, -0.05) is 11.6 Å². The summed E-state index contributed by atoms with van der Waals surface area (Å²) in [5, 5.41) is 4.90. The summed E-state index contributed by atoms with van der Waals surface area (Å²) in [6.45, 7) is 1.36. The van der Waals surface area contributed by atoms with Crippen molar-refractivity contribution >= 4 is 22.6 Å². The van der Waals surface area contributed by atoms with Crippen LogP contribution in [-0.2, 0) is 4.79 Å². The monoisotopic (exact) mass is 315 g/mol. The Bertz CT molecular complexity index is 772. The Morgan fingerprint density at radius 1 is 1.22 bits per heavy atom. The highest BCUT2D eigenvalue weighted by Gasteiger charge is 2.08. The smallest absolute Gasteiger partial charge is 0.323 e. The Kier molecular flexibility index (Phi) is 4.92. The lowest BCUT2D eigenvalue weighted by atomic mass is 9.97. The van der Waals surface area contributed by atoms with Crippen LogP contribution in [0, 0.1) is 0 Å². The van der Waals surface area contributed by atoms with Crippen molar-refractivity contribution in [2.75, 3.05) is 18.4 Å². The number of aromatic amines is 2. The molecule has 0 unspecified atom stereocenters. The average molecular weight is 315 g/mol. The lowest BCUT2D eigenvalue weighted by Gasteiger charge is -2.11. The summed E-state index contributed by atoms with van der Waals surface area (Å²) < 4.78 is 0. The van der Waals surface area contributed by atoms with Gasteiger partial charge in [-0.25, -0.2) is 4.79 Å². The van der Waals surface area contributed by atoms with Crippen LogP contribution in [0.3, 0.4) is 0 Å². The van der Waals surface area contributed by atoms with E-state index < -0.39 is 0 Å². The molecule has 3 rings (SSSR count). The van der Waals surface area contributed by atoms with Gasteiger partial charge in [0.1, 0.15) is 0 Å². The Morgan fingerprint density at radius 2 is 2.09 bits per heavy atom. The van der Waals surface area contributed by atoms with E-state index in [1.54, 1.807) is 18.2 Å². The fraction of sp³-hybridized carbons (Fsp3) is 0.412. The van der Waals surface area contributed by atoms with Crippen LogP contribution in [-0.4, -0.2) is 29.0 Å². The maximum Gasteiger partial charge on any atom is 0.323 e. The zero-order chi connectivity index (χ0) is 16.1. The second kappa shape index (κ2) is 7.28. The predicted molar refractivity (Wildman–Crippen MR) is 90.4 cm³/mol. The number of carbonyl (C=O) groups is 1. The molecular formula is C17H23N4O2+. The number of imidazole rings is 1. The van der Waals surface area contributed by atoms with Crippen molar-refractivity contribution in [2.45, 2.75) is 32.1 Å². The van der Waals surface area contributed by atoms with Crippen LogP contribution >= 0.6 is 0 Å². The number of fused-ring (bicyclic) bond motifs is 1. The minimum absolute atomic E-state index is 0.0279. The summed E-state index contributed by atoms with van der Waals surface area (Å²) >= 11 is 0. The first-order valence-corrected chi connectivity index (χ1v) is 8.22. The van der Waals surface area contributed by atoms with Gasteiger partial charge in [-0.3, -0.25) is 4.79 Å². The number of hydrogen-bond acceptors (Lipinski definition) is 2. The molecule has 6 nitrogen and oxygen atoms in total. The third-order valence-electron chi connectivity index (χ3n) is 4.18. The minimum atomic E-state index is -0.242. The molecule has 1 aliphatic rings. The number of aromatic nitrogens is 2. The molecule has 0 atom stereocenters. The topological polar surface area (TPSA) is 94.4 Å². The van der Waals surface area contributed by atoms with E-state index in [0.717, 1.165) is 18.5 Å². The average Bonchev–Trinajstić information content (AvgIpc) is 2.92. The number of allylic oxidation sites excluding steroid dienone is 1. The Labute approximate surface area is 134 Å². The van der Waals surface area contributed by atoms with E-state index in [9.17, 15) is 9.59 Å². The number of anilines is 1. The molecule has 0 spiro atoms. The van der Waals surface area contributed by atoms with Crippen LogP contribution in [0.5, 0.6) is 0 Å². The fourth-order valence-corrected chi connectivity index (χ4v) is 2.97. The zero-order valence-corrected chi connectivity index (χ0v) is 13.2. The number of benzene rings is 1. The van der Waals surface area contributed by atoms with Gasteiger partial charge >= 0.3 is 5.69 Å². The van der Waals surface area contributed by atoms with Gasteiger partial charge in [0.25, 0.3) is 5.91 Å². The molecule has 1 heterocycles. The minimum Gasteiger partial charge on any atom is -0.338 e. The Balaban J connectivity index is 1.44. The van der Waals surface area contributed by atoms with Crippen molar-refractivity contribution in [2.24, 2.45) is 0 Å². The van der Waals surface area contributed by atoms with E-state index in [2.05, 4.69) is 21.4 Å². The second-order valence-corrected chi connectivity index (χ2v) is 6.03. The van der Waals surface area contributed by atoms with E-state index in [-0.39, 0.29) is 11.6 Å². The molecule has 23 heavy (non-hydrogen) atoms. The number of nitrogens with one attached hydrogen (secondary N) is 3. The van der Waals surface area contributed by atoms with Gasteiger partial charge in [0.05, 0.1) is 17.6 Å². The van der Waals surface area contributed by atoms with Crippen molar-refractivity contribution in [3.8, 4) is 0 Å². The zero-order valence-electron chi connectivity index (χ0n) is 13.2. The number of carbonyl (C=O) groups excluding carboxylic acids is 1. The van der Waals surface area contributed by atoms with E-state index in [1.165, 1.54) is 31.3 Å². The molecule has 6 heteroatoms. The number of amides is 1. The summed E-state index contributed by atoms with van der Waals surface area (Å²) in [6, 6.07) is 5.33. The number of nitrogens with two attached hydrogens (primary N) is 1. The molecule has 0 aliphatic heterocycles. The van der Waals surface area contributed by atoms with E-state index in [1.807, 2.05) is 5.32 Å². The van der Waals surface area contributed by atoms with E-state index in [4.69, 9.17) is 0 Å². The van der Waals surface area contributed by atoms with Crippen LogP contribution in [0.4, 0.5) is 5.69 Å². The number of hydrogen-bond donors (Lipinski definition) is 4. The standard InChI is InChI=1S/C17H22N4O2/c22-16(11-18-9-8-12-4-2-1-3-5-12)19-13-6-7-14-15(10-13)21-17(23)20-14/h4,6-7,10,18H,1-3,5,8-9,11H2,(H,19,22)(H2,20,21,23)/p+1. The van der Waals surface area contributed by atoms with Crippen molar-refractivity contribution in [1.82, 2.24) is 9.97 Å². The summed E-state index contributed by atoms with van der Waals surface area (Å²) in [5.74, 6) is -0.0279. The quantitative estimate of drug-likeness (QED) is 0.477. The Morgan fingerprint density at radius 3 is 2.91 bits per heavy atom. The van der Waals surface area contributed by atoms with Crippen LogP contribution in [0.15, 0.2) is 34.6 Å². The maximum atomic E-state index is 12.0. The molecule has 1 amide bonds. The third kappa shape index (κ3) is 4.32. The van der Waals surface area contributed by atoms with Gasteiger partial charge in [-0.15, -0.1) is 0 Å². The van der Waals surface area contributed by atoms with Crippen LogP contribution < -0.4 is 16.3 Å². The van der Waals surface area contributed by atoms with E-state index >= 15 is 0 Å². The SMILES string of the molecule is O=C(C[NH2+]CCC1=CCCCC1)Nc1ccc2[nH]c(=O)[nH]c2c1. The van der Waals surface area contributed by atoms with Crippen LogP contribution in [0.1, 0.15) is 32.1 Å². The first-order valence-electron chi connectivity index (χ1n) is 8.22. The van der Waals surface area contributed by atoms with Crippen molar-refractivity contribution < 1.29 is 10.1 Å². The van der Waals surface area contributed by atoms with Gasteiger partial charge < -0.3 is 20.6 Å². The second-order valence-electron chi connectivity index (χ2n) is 6.03. The molecular weight excluding hydrogens is 292 g/mol. The Hall–Kier alpha value is -2.34. The maximum absolute atomic E-state index is 12.0. The van der Waals surface area contributed by atoms with Crippen LogP contribution in [0.25, 0.3) is 11.0 Å². The molecule has 122 valence electrons. The van der Waals surface area contributed by atoms with Gasteiger partial charge in [0.2, 0.25) is 0 Å². The lowest BCUT2D eigenvalue weighted by Crippen LogP contribution is -2.86. The normalized spacial score (nSPS) is 14.7. The largest absolute Gasteiger partial charge is 0.338 e. The molecule has 2 aromatic rings. The molecule has 5 N–H and O–H groups in total. The highest BCUT2D eigenvalue weighted by atomic mass is 16.2. The number of rotatable bonds is 6. The van der Waals surface area contributed by atoms with E-state index in [0.29, 0.717) is 17.7 Å². The summed E-state index contributed by atoms with van der Waals surface area (Å²) in [4.78, 5) is 28.5. The predicted octanol–water partition coefficient (Wildman–Crippen LogP) is 1.25. The molecule has 0 bridgehead atoms. The highest BCUT2D eigenvalue weighted by molar-refractivity contribution is 5.93. The van der Waals surface area contributed by atoms with Gasteiger partial charge in [-0.2, -0.15) is 0 Å². The lowest BCUT2D eigenvalue weighted by molar-refractivity contribution is -0.643. The molecule has 0 saturated heterocycles.